The predicted molar refractivity (Wildman–Crippen MR) is 41.9 cm³/mol. The van der Waals surface area contributed by atoms with E-state index in [1.165, 1.54) is 0 Å². The van der Waals surface area contributed by atoms with Gasteiger partial charge >= 0.3 is 10.3 Å². The van der Waals surface area contributed by atoms with Gasteiger partial charge in [0, 0.05) is 18.9 Å². The first-order chi connectivity index (χ1) is 5.79. The Morgan fingerprint density at radius 1 is 1.31 bits per heavy atom. The van der Waals surface area contributed by atoms with Crippen LogP contribution >= 0.6 is 0 Å². The summed E-state index contributed by atoms with van der Waals surface area (Å²) in [6.07, 6.45) is -0.542. The average Bonchev–Trinajstić information content (AvgIpc) is 1.91. The first-order valence-electron chi connectivity index (χ1n) is 3.91. The van der Waals surface area contributed by atoms with Gasteiger partial charge in [0.1, 0.15) is 0 Å². The molecule has 2 N–H and O–H groups in total. The number of halogens is 2. The molecule has 0 aromatic heterocycles. The van der Waals surface area contributed by atoms with Crippen LogP contribution in [0.2, 0.25) is 0 Å². The molecule has 0 heterocycles. The van der Waals surface area contributed by atoms with E-state index in [1.807, 2.05) is 4.72 Å². The molecule has 1 fully saturated rings. The van der Waals surface area contributed by atoms with Gasteiger partial charge in [0.25, 0.3) is 0 Å². The Hall–Kier alpha value is -0.270. The van der Waals surface area contributed by atoms with Crippen LogP contribution in [-0.4, -0.2) is 24.9 Å². The second-order valence-corrected chi connectivity index (χ2v) is 4.41. The Labute approximate surface area is 75.2 Å². The Kier molecular flexibility index (Phi) is 2.88. The average molecular weight is 215 g/mol. The molecule has 0 aromatic rings. The third-order valence-corrected chi connectivity index (χ3v) is 2.66. The lowest BCUT2D eigenvalue weighted by molar-refractivity contribution is -0.0389. The van der Waals surface area contributed by atoms with Crippen LogP contribution in [-0.2, 0) is 10.3 Å². The minimum atomic E-state index is -4.26. The van der Waals surface area contributed by atoms with E-state index in [4.69, 9.17) is 4.55 Å². The van der Waals surface area contributed by atoms with Gasteiger partial charge in [-0.25, -0.2) is 8.78 Å². The largest absolute Gasteiger partial charge is 0.333 e. The summed E-state index contributed by atoms with van der Waals surface area (Å²) in [7, 11) is -4.26. The molecular formula is C6H11F2NO3S. The number of rotatable bonds is 2. The van der Waals surface area contributed by atoms with Crippen LogP contribution < -0.4 is 4.72 Å². The Morgan fingerprint density at radius 2 is 1.77 bits per heavy atom. The highest BCUT2D eigenvalue weighted by molar-refractivity contribution is 7.83. The number of alkyl halides is 2. The van der Waals surface area contributed by atoms with Gasteiger partial charge < -0.3 is 0 Å². The van der Waals surface area contributed by atoms with Gasteiger partial charge in [-0.15, -0.1) is 0 Å². The van der Waals surface area contributed by atoms with E-state index >= 15 is 0 Å². The molecule has 13 heavy (non-hydrogen) atoms. The molecule has 7 heteroatoms. The van der Waals surface area contributed by atoms with Crippen molar-refractivity contribution in [3.63, 3.8) is 0 Å². The highest BCUT2D eigenvalue weighted by atomic mass is 32.2. The molecule has 4 nitrogen and oxygen atoms in total. The Bertz CT molecular complexity index is 268. The van der Waals surface area contributed by atoms with E-state index < -0.39 is 22.3 Å². The van der Waals surface area contributed by atoms with Crippen molar-refractivity contribution in [2.45, 2.75) is 37.6 Å². The molecule has 0 bridgehead atoms. The second kappa shape index (κ2) is 3.47. The fourth-order valence-corrected chi connectivity index (χ4v) is 2.03. The van der Waals surface area contributed by atoms with Crippen molar-refractivity contribution in [3.8, 4) is 0 Å². The molecule has 0 radical (unpaired) electrons. The van der Waals surface area contributed by atoms with E-state index in [0.717, 1.165) is 0 Å². The topological polar surface area (TPSA) is 66.4 Å². The van der Waals surface area contributed by atoms with Crippen molar-refractivity contribution in [2.24, 2.45) is 0 Å². The highest BCUT2D eigenvalue weighted by Gasteiger charge is 2.35. The zero-order chi connectivity index (χ0) is 10.1. The van der Waals surface area contributed by atoms with Crippen LogP contribution in [0.1, 0.15) is 25.7 Å². The molecule has 78 valence electrons. The maximum absolute atomic E-state index is 12.6. The number of hydrogen-bond donors (Lipinski definition) is 2. The molecule has 0 unspecified atom stereocenters. The maximum Gasteiger partial charge on any atom is 0.333 e. The molecule has 0 spiro atoms. The summed E-state index contributed by atoms with van der Waals surface area (Å²) < 4.78 is 56.0. The monoisotopic (exact) mass is 215 g/mol. The zero-order valence-electron chi connectivity index (χ0n) is 6.83. The van der Waals surface area contributed by atoms with Crippen LogP contribution in [0.5, 0.6) is 0 Å². The summed E-state index contributed by atoms with van der Waals surface area (Å²) in [6.45, 7) is 0. The van der Waals surface area contributed by atoms with Crippen LogP contribution in [0.3, 0.4) is 0 Å². The van der Waals surface area contributed by atoms with Gasteiger partial charge in [0.15, 0.2) is 0 Å². The van der Waals surface area contributed by atoms with Gasteiger partial charge in [-0.05, 0) is 12.8 Å². The van der Waals surface area contributed by atoms with Crippen molar-refractivity contribution < 1.29 is 21.8 Å². The van der Waals surface area contributed by atoms with Crippen LogP contribution in [0, 0.1) is 0 Å². The second-order valence-electron chi connectivity index (χ2n) is 3.22. The molecule has 1 rings (SSSR count). The van der Waals surface area contributed by atoms with Crippen molar-refractivity contribution >= 4 is 10.3 Å². The molecule has 1 saturated carbocycles. The first-order valence-corrected chi connectivity index (χ1v) is 5.35. The fourth-order valence-electron chi connectivity index (χ4n) is 1.37. The third kappa shape index (κ3) is 3.97. The summed E-state index contributed by atoms with van der Waals surface area (Å²) in [5.41, 5.74) is 0. The van der Waals surface area contributed by atoms with Gasteiger partial charge in [0.2, 0.25) is 5.92 Å². The molecule has 0 atom stereocenters. The first kappa shape index (κ1) is 10.8. The lowest BCUT2D eigenvalue weighted by atomic mass is 9.93. The van der Waals surface area contributed by atoms with Crippen molar-refractivity contribution in [2.75, 3.05) is 0 Å². The van der Waals surface area contributed by atoms with E-state index in [1.54, 1.807) is 0 Å². The summed E-state index contributed by atoms with van der Waals surface area (Å²) >= 11 is 0. The molecular weight excluding hydrogens is 204 g/mol. The minimum Gasteiger partial charge on any atom is -0.273 e. The fraction of sp³-hybridized carbons (Fsp3) is 1.00. The van der Waals surface area contributed by atoms with Crippen LogP contribution in [0.25, 0.3) is 0 Å². The molecule has 0 amide bonds. The third-order valence-electron chi connectivity index (χ3n) is 2.03. The standard InChI is InChI=1S/C6H11F2NO3S/c7-6(8)3-1-5(2-4-6)9-13(10,11)12/h5,9H,1-4H2,(H,10,11,12). The SMILES string of the molecule is O=S(=O)(O)NC1CCC(F)(F)CC1. The summed E-state index contributed by atoms with van der Waals surface area (Å²) in [6, 6.07) is -0.561. The number of nitrogens with one attached hydrogen (secondary N) is 1. The molecule has 0 aliphatic heterocycles. The smallest absolute Gasteiger partial charge is 0.273 e. The summed E-state index contributed by atoms with van der Waals surface area (Å²) in [4.78, 5) is 0. The lowest BCUT2D eigenvalue weighted by Gasteiger charge is -2.27. The lowest BCUT2D eigenvalue weighted by Crippen LogP contribution is -2.39. The van der Waals surface area contributed by atoms with E-state index in [2.05, 4.69) is 0 Å². The molecule has 1 aliphatic carbocycles. The van der Waals surface area contributed by atoms with Crippen molar-refractivity contribution in [3.05, 3.63) is 0 Å². The van der Waals surface area contributed by atoms with Gasteiger partial charge in [-0.1, -0.05) is 0 Å². The molecule has 0 aromatic carbocycles. The Morgan fingerprint density at radius 3 is 2.15 bits per heavy atom. The van der Waals surface area contributed by atoms with E-state index in [-0.39, 0.29) is 25.7 Å². The quantitative estimate of drug-likeness (QED) is 0.674. The van der Waals surface area contributed by atoms with Gasteiger partial charge in [-0.3, -0.25) is 4.55 Å². The minimum absolute atomic E-state index is 0.0623. The summed E-state index contributed by atoms with van der Waals surface area (Å²) in [5, 5.41) is 0. The zero-order valence-corrected chi connectivity index (χ0v) is 7.65. The normalized spacial score (nSPS) is 24.5. The van der Waals surface area contributed by atoms with Crippen LogP contribution in [0.4, 0.5) is 8.78 Å². The van der Waals surface area contributed by atoms with Gasteiger partial charge in [-0.2, -0.15) is 13.1 Å². The van der Waals surface area contributed by atoms with Gasteiger partial charge in [0.05, 0.1) is 0 Å². The molecule has 0 saturated heterocycles. The number of hydrogen-bond acceptors (Lipinski definition) is 2. The van der Waals surface area contributed by atoms with Crippen molar-refractivity contribution in [1.29, 1.82) is 0 Å². The predicted octanol–water partition coefficient (Wildman–Crippen LogP) is 0.957. The van der Waals surface area contributed by atoms with Crippen molar-refractivity contribution in [1.82, 2.24) is 4.72 Å². The molecule has 1 aliphatic rings. The van der Waals surface area contributed by atoms with E-state index in [9.17, 15) is 17.2 Å². The highest BCUT2D eigenvalue weighted by Crippen LogP contribution is 2.33. The maximum atomic E-state index is 12.6. The Balaban J connectivity index is 2.43. The van der Waals surface area contributed by atoms with E-state index in [0.29, 0.717) is 0 Å². The van der Waals surface area contributed by atoms with Crippen LogP contribution in [0.15, 0.2) is 0 Å². The summed E-state index contributed by atoms with van der Waals surface area (Å²) in [5.74, 6) is -2.68.